The van der Waals surface area contributed by atoms with Crippen molar-refractivity contribution in [3.63, 3.8) is 0 Å². The molecule has 326 valence electrons. The van der Waals surface area contributed by atoms with Crippen molar-refractivity contribution in [2.45, 2.75) is 96.9 Å². The molecule has 5 heterocycles. The molecule has 3 saturated heterocycles. The molecule has 10 rings (SSSR count). The number of hydrogen-bond acceptors (Lipinski definition) is 9. The third kappa shape index (κ3) is 6.96. The number of urea groups is 1. The Hall–Kier alpha value is -6.07. The molecule has 1 spiro atoms. The fourth-order valence-electron chi connectivity index (χ4n) is 12.1. The summed E-state index contributed by atoms with van der Waals surface area (Å²) >= 11 is 0. The average molecular weight is 852 g/mol. The first kappa shape index (κ1) is 41.0. The standard InChI is InChI=1S/C49H54FN9O4/c1-47(2)44(48(3,4)45(47)63-40-13-11-31(28-51)42-34(40)7-6-19-52-42)55-43(61)30-10-12-39(36(50)25-30)57-23-17-49(18-24-57)26-33(27-49)56-20-14-32(15-21-56)59-38-9-5-8-37(35(38)29-53-59)58-22-16-41(60)54-46(58)62/h5-13,19,25,29,32-33,44-45H,14-18,20-24,26-27H2,1-4H3,(H,55,61)(H,54,60,62). The van der Waals surface area contributed by atoms with Crippen molar-refractivity contribution in [3.05, 3.63) is 90.0 Å². The van der Waals surface area contributed by atoms with E-state index in [2.05, 4.69) is 69.9 Å². The van der Waals surface area contributed by atoms with Crippen LogP contribution in [0.25, 0.3) is 21.8 Å². The van der Waals surface area contributed by atoms with Gasteiger partial charge in [-0.2, -0.15) is 10.4 Å². The Morgan fingerprint density at radius 3 is 2.38 bits per heavy atom. The van der Waals surface area contributed by atoms with Gasteiger partial charge in [0.25, 0.3) is 5.91 Å². The maximum absolute atomic E-state index is 15.9. The summed E-state index contributed by atoms with van der Waals surface area (Å²) < 4.78 is 24.6. The number of hydrogen-bond donors (Lipinski definition) is 2. The lowest BCUT2D eigenvalue weighted by molar-refractivity contribution is -0.163. The maximum Gasteiger partial charge on any atom is 0.328 e. The monoisotopic (exact) mass is 851 g/mol. The Morgan fingerprint density at radius 2 is 1.67 bits per heavy atom. The van der Waals surface area contributed by atoms with Crippen LogP contribution in [0.1, 0.15) is 94.6 Å². The van der Waals surface area contributed by atoms with Gasteiger partial charge in [0.1, 0.15) is 23.7 Å². The molecule has 2 aliphatic carbocycles. The summed E-state index contributed by atoms with van der Waals surface area (Å²) in [6.45, 7) is 12.3. The summed E-state index contributed by atoms with van der Waals surface area (Å²) in [4.78, 5) is 48.8. The van der Waals surface area contributed by atoms with Gasteiger partial charge in [0.2, 0.25) is 5.91 Å². The number of pyridine rings is 1. The molecule has 2 aromatic heterocycles. The van der Waals surface area contributed by atoms with Crippen molar-refractivity contribution in [1.82, 2.24) is 30.3 Å². The van der Waals surface area contributed by atoms with Crippen LogP contribution in [0.2, 0.25) is 0 Å². The zero-order valence-electron chi connectivity index (χ0n) is 36.4. The number of nitriles is 1. The van der Waals surface area contributed by atoms with Crippen LogP contribution in [0.5, 0.6) is 5.75 Å². The van der Waals surface area contributed by atoms with Crippen LogP contribution in [0.4, 0.5) is 20.6 Å². The second-order valence-electron chi connectivity index (χ2n) is 19.7. The van der Waals surface area contributed by atoms with Gasteiger partial charge in [0.05, 0.1) is 40.2 Å². The second-order valence-corrected chi connectivity index (χ2v) is 19.7. The van der Waals surface area contributed by atoms with Crippen LogP contribution in [-0.2, 0) is 4.79 Å². The van der Waals surface area contributed by atoms with Crippen molar-refractivity contribution in [1.29, 1.82) is 5.26 Å². The highest BCUT2D eigenvalue weighted by atomic mass is 19.1. The first-order valence-corrected chi connectivity index (χ1v) is 22.4. The molecule has 3 aromatic carbocycles. The van der Waals surface area contributed by atoms with E-state index >= 15 is 4.39 Å². The van der Waals surface area contributed by atoms with Gasteiger partial charge < -0.3 is 19.9 Å². The van der Waals surface area contributed by atoms with Crippen molar-refractivity contribution < 1.29 is 23.5 Å². The number of ether oxygens (including phenoxy) is 1. The van der Waals surface area contributed by atoms with Gasteiger partial charge in [0, 0.05) is 84.6 Å². The Kier molecular flexibility index (Phi) is 9.97. The Labute approximate surface area is 366 Å². The van der Waals surface area contributed by atoms with Gasteiger partial charge in [-0.15, -0.1) is 0 Å². The lowest BCUT2D eigenvalue weighted by Gasteiger charge is -2.63. The highest BCUT2D eigenvalue weighted by molar-refractivity contribution is 6.09. The van der Waals surface area contributed by atoms with Crippen LogP contribution >= 0.6 is 0 Å². The molecule has 63 heavy (non-hydrogen) atoms. The molecule has 0 radical (unpaired) electrons. The fraction of sp³-hybridized carbons (Fsp3) is 0.469. The second kappa shape index (κ2) is 15.3. The number of likely N-dealkylation sites (tertiary alicyclic amines) is 1. The topological polar surface area (TPSA) is 149 Å². The molecule has 0 atom stereocenters. The summed E-state index contributed by atoms with van der Waals surface area (Å²) in [7, 11) is 0. The lowest BCUT2D eigenvalue weighted by atomic mass is 9.49. The quantitative estimate of drug-likeness (QED) is 0.160. The van der Waals surface area contributed by atoms with Gasteiger partial charge in [-0.25, -0.2) is 9.18 Å². The number of fused-ring (bicyclic) bond motifs is 2. The molecule has 5 aromatic rings. The number of amides is 4. The predicted octanol–water partition coefficient (Wildman–Crippen LogP) is 7.74. The first-order valence-electron chi connectivity index (χ1n) is 22.4. The number of nitrogens with one attached hydrogen (secondary N) is 2. The third-order valence-electron chi connectivity index (χ3n) is 15.2. The normalized spacial score (nSPS) is 23.6. The molecule has 2 saturated carbocycles. The number of benzene rings is 3. The summed E-state index contributed by atoms with van der Waals surface area (Å²) in [6.07, 6.45) is 9.95. The van der Waals surface area contributed by atoms with E-state index in [1.54, 1.807) is 29.3 Å². The molecule has 4 amide bonds. The smallest absolute Gasteiger partial charge is 0.328 e. The van der Waals surface area contributed by atoms with Crippen molar-refractivity contribution in [2.24, 2.45) is 16.2 Å². The van der Waals surface area contributed by atoms with Gasteiger partial charge >= 0.3 is 6.03 Å². The Morgan fingerprint density at radius 1 is 0.905 bits per heavy atom. The average Bonchev–Trinajstić information content (AvgIpc) is 3.71. The molecular weight excluding hydrogens is 798 g/mol. The van der Waals surface area contributed by atoms with Crippen LogP contribution in [0.15, 0.2) is 73.1 Å². The molecule has 0 bridgehead atoms. The van der Waals surface area contributed by atoms with E-state index in [-0.39, 0.29) is 48.3 Å². The largest absolute Gasteiger partial charge is 0.488 e. The molecule has 5 fully saturated rings. The van der Waals surface area contributed by atoms with Crippen LogP contribution in [0, 0.1) is 33.4 Å². The summed E-state index contributed by atoms with van der Waals surface area (Å²) in [6, 6.07) is 20.5. The number of piperidine rings is 2. The SMILES string of the molecule is CC1(C)C(NC(=O)c2ccc(N3CCC4(CC3)CC(N3CCC(n5ncc6c(N7CCC(=O)NC7=O)cccc65)CC3)C4)c(F)c2)C(C)(C)C1Oc1ccc(C#N)c2ncccc12. The first-order chi connectivity index (χ1) is 30.3. The van der Waals surface area contributed by atoms with Crippen molar-refractivity contribution in [2.75, 3.05) is 42.5 Å². The number of halogens is 1. The molecule has 14 heteroatoms. The van der Waals surface area contributed by atoms with E-state index in [0.717, 1.165) is 73.8 Å². The van der Waals surface area contributed by atoms with E-state index in [0.29, 0.717) is 46.1 Å². The Balaban J connectivity index is 0.712. The van der Waals surface area contributed by atoms with Gasteiger partial charge in [0.15, 0.2) is 0 Å². The van der Waals surface area contributed by atoms with E-state index in [1.807, 2.05) is 36.5 Å². The predicted molar refractivity (Wildman–Crippen MR) is 238 cm³/mol. The number of imide groups is 1. The van der Waals surface area contributed by atoms with Crippen LogP contribution in [-0.4, -0.2) is 88.4 Å². The summed E-state index contributed by atoms with van der Waals surface area (Å²) in [5.41, 5.74) is 3.13. The van der Waals surface area contributed by atoms with Crippen LogP contribution < -0.4 is 25.2 Å². The zero-order valence-corrected chi connectivity index (χ0v) is 36.4. The molecule has 5 aliphatic rings. The van der Waals surface area contributed by atoms with Gasteiger partial charge in [-0.3, -0.25) is 29.5 Å². The minimum Gasteiger partial charge on any atom is -0.488 e. The van der Waals surface area contributed by atoms with E-state index < -0.39 is 10.8 Å². The minimum absolute atomic E-state index is 0.235. The van der Waals surface area contributed by atoms with Gasteiger partial charge in [-0.05, 0) is 98.5 Å². The van der Waals surface area contributed by atoms with Gasteiger partial charge in [-0.1, -0.05) is 33.8 Å². The lowest BCUT2D eigenvalue weighted by Crippen LogP contribution is -2.74. The third-order valence-corrected chi connectivity index (χ3v) is 15.2. The molecular formula is C49H54FN9O4. The maximum atomic E-state index is 15.9. The fourth-order valence-corrected chi connectivity index (χ4v) is 12.1. The number of aromatic nitrogens is 3. The molecule has 13 nitrogen and oxygen atoms in total. The number of rotatable bonds is 8. The van der Waals surface area contributed by atoms with E-state index in [9.17, 15) is 19.6 Å². The molecule has 2 N–H and O–H groups in total. The molecule has 3 aliphatic heterocycles. The number of anilines is 2. The highest BCUT2D eigenvalue weighted by Crippen LogP contribution is 2.56. The van der Waals surface area contributed by atoms with Crippen LogP contribution in [0.3, 0.4) is 0 Å². The number of carbonyl (C=O) groups excluding carboxylic acids is 3. The minimum atomic E-state index is -0.442. The molecule has 0 unspecified atom stereocenters. The zero-order chi connectivity index (χ0) is 43.8. The van der Waals surface area contributed by atoms with Crippen molar-refractivity contribution in [3.8, 4) is 11.8 Å². The van der Waals surface area contributed by atoms with E-state index in [1.165, 1.54) is 18.9 Å². The number of nitrogens with zero attached hydrogens (tertiary/aromatic N) is 7. The summed E-state index contributed by atoms with van der Waals surface area (Å²) in [5.74, 6) is -0.286. The highest BCUT2D eigenvalue weighted by Gasteiger charge is 2.64. The van der Waals surface area contributed by atoms with Crippen molar-refractivity contribution >= 4 is 51.0 Å². The number of carbonyl (C=O) groups is 3. The Bertz CT molecular complexity index is 2670. The van der Waals surface area contributed by atoms with E-state index in [4.69, 9.17) is 9.84 Å². The summed E-state index contributed by atoms with van der Waals surface area (Å²) in [5, 5.41) is 21.7.